The van der Waals surface area contributed by atoms with Crippen molar-refractivity contribution in [3.05, 3.63) is 18.2 Å². The minimum Gasteiger partial charge on any atom is -0.497 e. The molecule has 1 fully saturated rings. The van der Waals surface area contributed by atoms with E-state index in [9.17, 15) is 0 Å². The molecule has 0 saturated carbocycles. The van der Waals surface area contributed by atoms with Crippen LogP contribution >= 0.6 is 0 Å². The first-order valence-electron chi connectivity index (χ1n) is 6.15. The summed E-state index contributed by atoms with van der Waals surface area (Å²) in [5.41, 5.74) is 2.51. The molecule has 2 aliphatic heterocycles. The zero-order valence-corrected chi connectivity index (χ0v) is 10.4. The zero-order valence-electron chi connectivity index (χ0n) is 10.4. The van der Waals surface area contributed by atoms with Gasteiger partial charge >= 0.3 is 0 Å². The molecule has 1 saturated heterocycles. The van der Waals surface area contributed by atoms with Crippen molar-refractivity contribution in [2.75, 3.05) is 50.6 Å². The normalized spacial score (nSPS) is 23.6. The fourth-order valence-corrected chi connectivity index (χ4v) is 2.76. The van der Waals surface area contributed by atoms with Gasteiger partial charge in [0.2, 0.25) is 0 Å². The lowest BCUT2D eigenvalue weighted by Gasteiger charge is -2.45. The van der Waals surface area contributed by atoms with Gasteiger partial charge in [-0.15, -0.1) is 0 Å². The fraction of sp³-hybridized carbons (Fsp3) is 0.538. The number of nitrogens with one attached hydrogen (secondary N) is 1. The van der Waals surface area contributed by atoms with Gasteiger partial charge in [-0.25, -0.2) is 0 Å². The van der Waals surface area contributed by atoms with Gasteiger partial charge in [0.1, 0.15) is 5.75 Å². The monoisotopic (exact) mass is 233 g/mol. The highest BCUT2D eigenvalue weighted by molar-refractivity contribution is 5.74. The Balaban J connectivity index is 1.91. The van der Waals surface area contributed by atoms with Gasteiger partial charge in [0, 0.05) is 32.2 Å². The molecule has 0 aliphatic carbocycles. The molecule has 4 nitrogen and oxygen atoms in total. The van der Waals surface area contributed by atoms with E-state index in [-0.39, 0.29) is 0 Å². The number of piperazine rings is 1. The van der Waals surface area contributed by atoms with E-state index in [1.807, 2.05) is 6.07 Å². The Morgan fingerprint density at radius 1 is 1.35 bits per heavy atom. The van der Waals surface area contributed by atoms with Crippen molar-refractivity contribution in [3.8, 4) is 5.75 Å². The lowest BCUT2D eigenvalue weighted by molar-refractivity contribution is 0.270. The molecule has 1 atom stereocenters. The van der Waals surface area contributed by atoms with Gasteiger partial charge in [-0.1, -0.05) is 0 Å². The van der Waals surface area contributed by atoms with Crippen molar-refractivity contribution in [2.45, 2.75) is 6.04 Å². The molecular weight excluding hydrogens is 214 g/mol. The van der Waals surface area contributed by atoms with Crippen LogP contribution in [0.3, 0.4) is 0 Å². The molecule has 0 bridgehead atoms. The third kappa shape index (κ3) is 1.82. The van der Waals surface area contributed by atoms with Gasteiger partial charge in [-0.3, -0.25) is 0 Å². The highest BCUT2D eigenvalue weighted by Gasteiger charge is 2.30. The predicted molar refractivity (Wildman–Crippen MR) is 70.1 cm³/mol. The Hall–Kier alpha value is -1.42. The first kappa shape index (κ1) is 10.7. The van der Waals surface area contributed by atoms with Gasteiger partial charge in [0.15, 0.2) is 0 Å². The molecule has 1 unspecified atom stereocenters. The van der Waals surface area contributed by atoms with Crippen molar-refractivity contribution in [1.29, 1.82) is 0 Å². The molecule has 2 heterocycles. The summed E-state index contributed by atoms with van der Waals surface area (Å²) in [7, 11) is 3.91. The SMILES string of the molecule is COc1ccc2c(c1)NCC1CN(C)CCN21. The molecule has 2 aliphatic rings. The third-order valence-electron chi connectivity index (χ3n) is 3.73. The van der Waals surface area contributed by atoms with Crippen molar-refractivity contribution < 1.29 is 4.74 Å². The predicted octanol–water partition coefficient (Wildman–Crippen LogP) is 1.24. The minimum absolute atomic E-state index is 0.592. The van der Waals surface area contributed by atoms with Crippen LogP contribution in [0.15, 0.2) is 18.2 Å². The largest absolute Gasteiger partial charge is 0.497 e. The standard InChI is InChI=1S/C13H19N3O/c1-15-5-6-16-10(9-15)8-14-12-7-11(17-2)3-4-13(12)16/h3-4,7,10,14H,5-6,8-9H2,1-2H3. The average molecular weight is 233 g/mol. The molecule has 92 valence electrons. The van der Waals surface area contributed by atoms with Crippen LogP contribution < -0.4 is 15.0 Å². The molecule has 0 radical (unpaired) electrons. The van der Waals surface area contributed by atoms with E-state index in [0.29, 0.717) is 6.04 Å². The topological polar surface area (TPSA) is 27.7 Å². The zero-order chi connectivity index (χ0) is 11.8. The summed E-state index contributed by atoms with van der Waals surface area (Å²) in [6.07, 6.45) is 0. The van der Waals surface area contributed by atoms with Crippen LogP contribution in [0.4, 0.5) is 11.4 Å². The van der Waals surface area contributed by atoms with Crippen LogP contribution in [0, 0.1) is 0 Å². The van der Waals surface area contributed by atoms with E-state index >= 15 is 0 Å². The van der Waals surface area contributed by atoms with Crippen molar-refractivity contribution in [1.82, 2.24) is 4.90 Å². The number of hydrogen-bond acceptors (Lipinski definition) is 4. The van der Waals surface area contributed by atoms with Crippen LogP contribution in [0.25, 0.3) is 0 Å². The second-order valence-corrected chi connectivity index (χ2v) is 4.87. The Morgan fingerprint density at radius 2 is 2.24 bits per heavy atom. The van der Waals surface area contributed by atoms with Crippen LogP contribution in [-0.2, 0) is 0 Å². The highest BCUT2D eigenvalue weighted by atomic mass is 16.5. The van der Waals surface area contributed by atoms with Crippen molar-refractivity contribution in [3.63, 3.8) is 0 Å². The van der Waals surface area contributed by atoms with Crippen LogP contribution in [0.2, 0.25) is 0 Å². The number of anilines is 2. The van der Waals surface area contributed by atoms with Crippen molar-refractivity contribution in [2.24, 2.45) is 0 Å². The maximum absolute atomic E-state index is 5.27. The summed E-state index contributed by atoms with van der Waals surface area (Å²) in [6.45, 7) is 4.41. The maximum Gasteiger partial charge on any atom is 0.121 e. The van der Waals surface area contributed by atoms with Crippen LogP contribution in [0.5, 0.6) is 5.75 Å². The molecule has 3 rings (SSSR count). The quantitative estimate of drug-likeness (QED) is 0.790. The first-order valence-corrected chi connectivity index (χ1v) is 6.15. The molecule has 1 N–H and O–H groups in total. The van der Waals surface area contributed by atoms with Crippen LogP contribution in [-0.4, -0.2) is 51.3 Å². The summed E-state index contributed by atoms with van der Waals surface area (Å²) in [5.74, 6) is 0.920. The average Bonchev–Trinajstić information content (AvgIpc) is 2.37. The molecule has 1 aromatic rings. The van der Waals surface area contributed by atoms with Gasteiger partial charge in [0.25, 0.3) is 0 Å². The number of likely N-dealkylation sites (N-methyl/N-ethyl adjacent to an activating group) is 1. The Kier molecular flexibility index (Phi) is 2.59. The maximum atomic E-state index is 5.27. The van der Waals surface area contributed by atoms with E-state index in [2.05, 4.69) is 34.3 Å². The van der Waals surface area contributed by atoms with Gasteiger partial charge in [-0.05, 0) is 19.2 Å². The van der Waals surface area contributed by atoms with E-state index < -0.39 is 0 Å². The second kappa shape index (κ2) is 4.11. The number of ether oxygens (including phenoxy) is 1. The lowest BCUT2D eigenvalue weighted by atomic mass is 10.1. The Bertz CT molecular complexity index is 421. The lowest BCUT2D eigenvalue weighted by Crippen LogP contribution is -2.56. The molecular formula is C13H19N3O. The van der Waals surface area contributed by atoms with E-state index in [4.69, 9.17) is 4.74 Å². The molecule has 0 aromatic heterocycles. The third-order valence-corrected chi connectivity index (χ3v) is 3.73. The van der Waals surface area contributed by atoms with E-state index in [0.717, 1.165) is 31.9 Å². The first-order chi connectivity index (χ1) is 8.28. The Labute approximate surface area is 102 Å². The summed E-state index contributed by atoms with van der Waals surface area (Å²) >= 11 is 0. The van der Waals surface area contributed by atoms with Gasteiger partial charge in [0.05, 0.1) is 24.5 Å². The van der Waals surface area contributed by atoms with Gasteiger partial charge < -0.3 is 19.9 Å². The summed E-state index contributed by atoms with van der Waals surface area (Å²) in [5, 5.41) is 3.51. The van der Waals surface area contributed by atoms with E-state index in [1.165, 1.54) is 11.4 Å². The number of hydrogen-bond donors (Lipinski definition) is 1. The van der Waals surface area contributed by atoms with E-state index in [1.54, 1.807) is 7.11 Å². The number of methoxy groups -OCH3 is 1. The number of nitrogens with zero attached hydrogens (tertiary/aromatic N) is 2. The fourth-order valence-electron chi connectivity index (χ4n) is 2.76. The molecule has 0 amide bonds. The summed E-state index contributed by atoms with van der Waals surface area (Å²) < 4.78 is 5.27. The summed E-state index contributed by atoms with van der Waals surface area (Å²) in [4.78, 5) is 4.92. The smallest absolute Gasteiger partial charge is 0.121 e. The number of rotatable bonds is 1. The van der Waals surface area contributed by atoms with Gasteiger partial charge in [-0.2, -0.15) is 0 Å². The molecule has 0 spiro atoms. The Morgan fingerprint density at radius 3 is 3.06 bits per heavy atom. The summed E-state index contributed by atoms with van der Waals surface area (Å²) in [6, 6.07) is 6.89. The number of benzene rings is 1. The van der Waals surface area contributed by atoms with Crippen LogP contribution in [0.1, 0.15) is 0 Å². The van der Waals surface area contributed by atoms with Crippen molar-refractivity contribution >= 4 is 11.4 Å². The second-order valence-electron chi connectivity index (χ2n) is 4.87. The molecule has 17 heavy (non-hydrogen) atoms. The molecule has 4 heteroatoms. The minimum atomic E-state index is 0.592. The highest BCUT2D eigenvalue weighted by Crippen LogP contribution is 2.35. The number of fused-ring (bicyclic) bond motifs is 3. The molecule has 1 aromatic carbocycles.